The second-order valence-corrected chi connectivity index (χ2v) is 3.46. The highest BCUT2D eigenvalue weighted by Crippen LogP contribution is 2.27. The van der Waals surface area contributed by atoms with E-state index in [-0.39, 0.29) is 23.3 Å². The number of rotatable bonds is 3. The molecule has 0 radical (unpaired) electrons. The van der Waals surface area contributed by atoms with E-state index in [4.69, 9.17) is 0 Å². The number of urea groups is 1. The highest BCUT2D eigenvalue weighted by Gasteiger charge is 2.25. The molecule has 0 spiro atoms. The van der Waals surface area contributed by atoms with E-state index in [1.54, 1.807) is 13.8 Å². The van der Waals surface area contributed by atoms with Crippen molar-refractivity contribution in [1.29, 1.82) is 0 Å². The van der Waals surface area contributed by atoms with E-state index < -0.39 is 11.0 Å². The van der Waals surface area contributed by atoms with Crippen molar-refractivity contribution < 1.29 is 14.2 Å². The van der Waals surface area contributed by atoms with Gasteiger partial charge < -0.3 is 9.84 Å². The molecule has 8 nitrogen and oxygen atoms in total. The van der Waals surface area contributed by atoms with Crippen molar-refractivity contribution in [3.05, 3.63) is 15.8 Å². The summed E-state index contributed by atoms with van der Waals surface area (Å²) in [6.07, 6.45) is 0. The van der Waals surface area contributed by atoms with Crippen LogP contribution >= 0.6 is 0 Å². The van der Waals surface area contributed by atoms with E-state index in [1.807, 2.05) is 0 Å². The highest BCUT2D eigenvalue weighted by atomic mass is 16.6. The van der Waals surface area contributed by atoms with Crippen molar-refractivity contribution in [2.75, 3.05) is 5.32 Å². The number of amides is 2. The van der Waals surface area contributed by atoms with Crippen LogP contribution in [0.5, 0.6) is 0 Å². The summed E-state index contributed by atoms with van der Waals surface area (Å²) in [6.45, 7) is 4.95. The Labute approximate surface area is 91.1 Å². The number of anilines is 1. The molecule has 0 aliphatic rings. The quantitative estimate of drug-likeness (QED) is 0.600. The van der Waals surface area contributed by atoms with Crippen molar-refractivity contribution in [3.8, 4) is 0 Å². The number of aromatic nitrogens is 1. The fourth-order valence-electron chi connectivity index (χ4n) is 1.06. The average molecular weight is 228 g/mol. The maximum atomic E-state index is 11.3. The van der Waals surface area contributed by atoms with Gasteiger partial charge in [-0.15, -0.1) is 0 Å². The lowest BCUT2D eigenvalue weighted by atomic mass is 10.4. The summed E-state index contributed by atoms with van der Waals surface area (Å²) >= 11 is 0. The maximum Gasteiger partial charge on any atom is 0.356 e. The van der Waals surface area contributed by atoms with Gasteiger partial charge in [-0.25, -0.2) is 4.79 Å². The Morgan fingerprint density at radius 2 is 2.19 bits per heavy atom. The van der Waals surface area contributed by atoms with E-state index in [2.05, 4.69) is 20.3 Å². The number of nitro groups is 1. The van der Waals surface area contributed by atoms with Crippen molar-refractivity contribution in [2.45, 2.75) is 26.8 Å². The highest BCUT2D eigenvalue weighted by molar-refractivity contribution is 5.90. The Morgan fingerprint density at radius 3 is 2.69 bits per heavy atom. The fourth-order valence-corrected chi connectivity index (χ4v) is 1.06. The van der Waals surface area contributed by atoms with Gasteiger partial charge in [-0.05, 0) is 20.8 Å². The van der Waals surface area contributed by atoms with Gasteiger partial charge in [0, 0.05) is 6.04 Å². The second-order valence-electron chi connectivity index (χ2n) is 3.46. The Kier molecular flexibility index (Phi) is 3.44. The van der Waals surface area contributed by atoms with Crippen LogP contribution in [-0.4, -0.2) is 22.2 Å². The number of aryl methyl sites for hydroxylation is 1. The van der Waals surface area contributed by atoms with Crippen LogP contribution in [-0.2, 0) is 0 Å². The minimum atomic E-state index is -0.656. The average Bonchev–Trinajstić information content (AvgIpc) is 2.45. The van der Waals surface area contributed by atoms with Gasteiger partial charge in [-0.2, -0.15) is 0 Å². The summed E-state index contributed by atoms with van der Waals surface area (Å²) in [5.41, 5.74) is -0.219. The van der Waals surface area contributed by atoms with Crippen molar-refractivity contribution in [2.24, 2.45) is 0 Å². The molecule has 0 aromatic carbocycles. The zero-order chi connectivity index (χ0) is 12.3. The van der Waals surface area contributed by atoms with E-state index in [9.17, 15) is 14.9 Å². The third-order valence-corrected chi connectivity index (χ3v) is 1.66. The van der Waals surface area contributed by atoms with Gasteiger partial charge in [0.25, 0.3) is 0 Å². The zero-order valence-corrected chi connectivity index (χ0v) is 9.10. The number of hydrogen-bond donors (Lipinski definition) is 2. The maximum absolute atomic E-state index is 11.3. The molecule has 0 fully saturated rings. The number of nitrogens with one attached hydrogen (secondary N) is 2. The number of nitrogens with zero attached hydrogens (tertiary/aromatic N) is 2. The molecule has 2 amide bonds. The molecule has 0 aliphatic carbocycles. The monoisotopic (exact) mass is 228 g/mol. The van der Waals surface area contributed by atoms with Gasteiger partial charge >= 0.3 is 17.6 Å². The third-order valence-electron chi connectivity index (χ3n) is 1.66. The van der Waals surface area contributed by atoms with Crippen LogP contribution in [0.4, 0.5) is 16.4 Å². The van der Waals surface area contributed by atoms with Gasteiger partial charge in [-0.1, -0.05) is 5.16 Å². The molecule has 0 saturated carbocycles. The van der Waals surface area contributed by atoms with E-state index in [1.165, 1.54) is 6.92 Å². The Hall–Kier alpha value is -2.12. The molecule has 0 aliphatic heterocycles. The van der Waals surface area contributed by atoms with Crippen LogP contribution < -0.4 is 10.6 Å². The number of hydrogen-bond acceptors (Lipinski definition) is 5. The lowest BCUT2D eigenvalue weighted by Crippen LogP contribution is -2.34. The summed E-state index contributed by atoms with van der Waals surface area (Å²) in [5, 5.41) is 18.8. The summed E-state index contributed by atoms with van der Waals surface area (Å²) in [5.74, 6) is -0.263. The Morgan fingerprint density at radius 1 is 1.56 bits per heavy atom. The molecule has 2 N–H and O–H groups in total. The molecule has 0 unspecified atom stereocenters. The van der Waals surface area contributed by atoms with Gasteiger partial charge in [-0.3, -0.25) is 15.4 Å². The van der Waals surface area contributed by atoms with Gasteiger partial charge in [0.2, 0.25) is 0 Å². The molecule has 1 heterocycles. The molecule has 8 heteroatoms. The predicted octanol–water partition coefficient (Wildman–Crippen LogP) is 1.42. The predicted molar refractivity (Wildman–Crippen MR) is 55.2 cm³/mol. The van der Waals surface area contributed by atoms with Crippen LogP contribution in [0.1, 0.15) is 19.5 Å². The fraction of sp³-hybridized carbons (Fsp3) is 0.500. The molecular weight excluding hydrogens is 216 g/mol. The summed E-state index contributed by atoms with van der Waals surface area (Å²) < 4.78 is 4.65. The number of carbonyl (C=O) groups is 1. The van der Waals surface area contributed by atoms with Crippen LogP contribution in [0, 0.1) is 17.0 Å². The number of carbonyl (C=O) groups excluding carboxylic acids is 1. The summed E-state index contributed by atoms with van der Waals surface area (Å²) in [7, 11) is 0. The molecule has 1 aromatic rings. The smallest absolute Gasteiger partial charge is 0.336 e. The lowest BCUT2D eigenvalue weighted by Gasteiger charge is -2.07. The minimum absolute atomic E-state index is 0.0805. The van der Waals surface area contributed by atoms with Gasteiger partial charge in [0.05, 0.1) is 4.92 Å². The van der Waals surface area contributed by atoms with Crippen molar-refractivity contribution in [3.63, 3.8) is 0 Å². The van der Waals surface area contributed by atoms with E-state index in [0.717, 1.165) is 0 Å². The first-order valence-electron chi connectivity index (χ1n) is 4.60. The zero-order valence-electron chi connectivity index (χ0n) is 9.10. The summed E-state index contributed by atoms with van der Waals surface area (Å²) in [4.78, 5) is 21.3. The van der Waals surface area contributed by atoms with Crippen molar-refractivity contribution in [1.82, 2.24) is 10.5 Å². The van der Waals surface area contributed by atoms with Gasteiger partial charge in [0.15, 0.2) is 5.69 Å². The van der Waals surface area contributed by atoms with Crippen molar-refractivity contribution >= 4 is 17.6 Å². The Balaban J connectivity index is 2.82. The molecule has 0 bridgehead atoms. The second kappa shape index (κ2) is 4.60. The topological polar surface area (TPSA) is 110 Å². The largest absolute Gasteiger partial charge is 0.356 e. The van der Waals surface area contributed by atoms with Crippen LogP contribution in [0.25, 0.3) is 0 Å². The normalized spacial score (nSPS) is 10.2. The van der Waals surface area contributed by atoms with Crippen LogP contribution in [0.2, 0.25) is 0 Å². The van der Waals surface area contributed by atoms with E-state index >= 15 is 0 Å². The molecular formula is C8H12N4O4. The SMILES string of the molecule is Cc1noc(NC(=O)NC(C)C)c1[N+](=O)[O-]. The van der Waals surface area contributed by atoms with Crippen LogP contribution in [0.15, 0.2) is 4.52 Å². The first kappa shape index (κ1) is 12.0. The molecule has 0 saturated heterocycles. The Bertz CT molecular complexity index is 412. The van der Waals surface area contributed by atoms with Gasteiger partial charge in [0.1, 0.15) is 0 Å². The first-order chi connectivity index (χ1) is 7.41. The molecule has 1 rings (SSSR count). The summed E-state index contributed by atoms with van der Waals surface area (Å²) in [6, 6.07) is -0.655. The van der Waals surface area contributed by atoms with E-state index in [0.29, 0.717) is 0 Å². The molecule has 88 valence electrons. The molecule has 16 heavy (non-hydrogen) atoms. The molecule has 0 atom stereocenters. The first-order valence-corrected chi connectivity index (χ1v) is 4.60. The lowest BCUT2D eigenvalue weighted by molar-refractivity contribution is -0.384. The standard InChI is InChI=1S/C8H12N4O4/c1-4(2)9-8(13)10-7-6(12(14)15)5(3)11-16-7/h4H,1-3H3,(H2,9,10,13). The van der Waals surface area contributed by atoms with Crippen LogP contribution in [0.3, 0.4) is 0 Å². The third kappa shape index (κ3) is 2.69. The molecule has 1 aromatic heterocycles. The minimum Gasteiger partial charge on any atom is -0.336 e.